The van der Waals surface area contributed by atoms with E-state index in [-0.39, 0.29) is 16.7 Å². The van der Waals surface area contributed by atoms with Gasteiger partial charge in [0.15, 0.2) is 0 Å². The number of pyridine rings is 1. The second kappa shape index (κ2) is 6.66. The van der Waals surface area contributed by atoms with Crippen LogP contribution in [0.3, 0.4) is 0 Å². The van der Waals surface area contributed by atoms with Crippen molar-refractivity contribution < 1.29 is 23.1 Å². The summed E-state index contributed by atoms with van der Waals surface area (Å²) in [5.41, 5.74) is -1.53. The Balaban J connectivity index is 2.08. The molecule has 0 aliphatic rings. The quantitative estimate of drug-likeness (QED) is 0.802. The van der Waals surface area contributed by atoms with E-state index in [0.29, 0.717) is 0 Å². The number of alkyl halides is 3. The number of rotatable bonds is 4. The second-order valence-corrected chi connectivity index (χ2v) is 4.75. The molecule has 2 rings (SSSR count). The number of amides is 1. The first-order valence-corrected chi connectivity index (χ1v) is 6.60. The molecule has 0 aliphatic carbocycles. The number of halogens is 3. The summed E-state index contributed by atoms with van der Waals surface area (Å²) in [5, 5.41) is 12.2. The van der Waals surface area contributed by atoms with Crippen molar-refractivity contribution in [3.8, 4) is 0 Å². The number of hydrogen-bond donors (Lipinski definition) is 3. The molecule has 3 N–H and O–H groups in total. The number of H-pyrrole nitrogens is 1. The van der Waals surface area contributed by atoms with Crippen molar-refractivity contribution in [3.05, 3.63) is 69.6 Å². The zero-order chi connectivity index (χ0) is 17.0. The van der Waals surface area contributed by atoms with Gasteiger partial charge in [-0.2, -0.15) is 13.2 Å². The van der Waals surface area contributed by atoms with Crippen LogP contribution in [0.25, 0.3) is 0 Å². The number of benzene rings is 1. The zero-order valence-corrected chi connectivity index (χ0v) is 11.7. The molecule has 1 aromatic carbocycles. The Kier molecular flexibility index (Phi) is 4.85. The first kappa shape index (κ1) is 16.8. The van der Waals surface area contributed by atoms with Gasteiger partial charge in [0.05, 0.1) is 17.2 Å². The zero-order valence-electron chi connectivity index (χ0n) is 11.7. The van der Waals surface area contributed by atoms with Gasteiger partial charge in [-0.05, 0) is 17.7 Å². The lowest BCUT2D eigenvalue weighted by molar-refractivity contribution is -0.139. The lowest BCUT2D eigenvalue weighted by Gasteiger charge is -2.17. The standard InChI is InChI=1S/C15H13F3N2O3/c16-15(17,18)11-4-2-1-3-10(11)12(21)8-20-14(23)9-5-6-13(22)19-7-9/h1-7,12,21H,8H2,(H,19,22)(H,20,23). The van der Waals surface area contributed by atoms with E-state index in [0.717, 1.165) is 18.2 Å². The number of aromatic nitrogens is 1. The summed E-state index contributed by atoms with van der Waals surface area (Å²) in [6.45, 7) is -0.398. The Labute approximate surface area is 128 Å². The van der Waals surface area contributed by atoms with Crippen LogP contribution < -0.4 is 10.9 Å². The fourth-order valence-corrected chi connectivity index (χ4v) is 2.00. The number of carbonyl (C=O) groups excluding carboxylic acids is 1. The molecule has 0 radical (unpaired) electrons. The van der Waals surface area contributed by atoms with Crippen molar-refractivity contribution in [1.29, 1.82) is 0 Å². The number of nitrogens with one attached hydrogen (secondary N) is 2. The predicted octanol–water partition coefficient (Wildman–Crippen LogP) is 1.86. The maximum absolute atomic E-state index is 12.9. The highest BCUT2D eigenvalue weighted by Gasteiger charge is 2.34. The molecule has 1 atom stereocenters. The molecule has 1 aromatic heterocycles. The minimum atomic E-state index is -4.60. The van der Waals surface area contributed by atoms with Gasteiger partial charge in [0, 0.05) is 18.8 Å². The number of aromatic amines is 1. The summed E-state index contributed by atoms with van der Waals surface area (Å²) >= 11 is 0. The van der Waals surface area contributed by atoms with Gasteiger partial charge in [-0.3, -0.25) is 9.59 Å². The maximum atomic E-state index is 12.9. The Morgan fingerprint density at radius 3 is 2.52 bits per heavy atom. The fourth-order valence-electron chi connectivity index (χ4n) is 2.00. The van der Waals surface area contributed by atoms with Gasteiger partial charge >= 0.3 is 6.18 Å². The Bertz CT molecular complexity index is 736. The molecule has 1 heterocycles. The fraction of sp³-hybridized carbons (Fsp3) is 0.200. The Morgan fingerprint density at radius 1 is 1.22 bits per heavy atom. The summed E-state index contributed by atoms with van der Waals surface area (Å²) < 4.78 is 38.6. The largest absolute Gasteiger partial charge is 0.416 e. The number of aliphatic hydroxyl groups is 1. The van der Waals surface area contributed by atoms with Gasteiger partial charge in [0.1, 0.15) is 0 Å². The second-order valence-electron chi connectivity index (χ2n) is 4.75. The first-order valence-electron chi connectivity index (χ1n) is 6.60. The van der Waals surface area contributed by atoms with E-state index in [1.807, 2.05) is 0 Å². The van der Waals surface area contributed by atoms with E-state index < -0.39 is 30.3 Å². The van der Waals surface area contributed by atoms with Crippen molar-refractivity contribution in [2.45, 2.75) is 12.3 Å². The highest BCUT2D eigenvalue weighted by molar-refractivity contribution is 5.93. The third-order valence-corrected chi connectivity index (χ3v) is 3.13. The van der Waals surface area contributed by atoms with Crippen LogP contribution in [0, 0.1) is 0 Å². The molecule has 0 saturated heterocycles. The molecular weight excluding hydrogens is 313 g/mol. The average molecular weight is 326 g/mol. The summed E-state index contributed by atoms with van der Waals surface area (Å²) in [7, 11) is 0. The van der Waals surface area contributed by atoms with Crippen molar-refractivity contribution in [3.63, 3.8) is 0 Å². The van der Waals surface area contributed by atoms with Gasteiger partial charge < -0.3 is 15.4 Å². The molecule has 1 unspecified atom stereocenters. The third kappa shape index (κ3) is 4.19. The number of hydrogen-bond acceptors (Lipinski definition) is 3. The van der Waals surface area contributed by atoms with Crippen LogP contribution in [0.15, 0.2) is 47.4 Å². The minimum Gasteiger partial charge on any atom is -0.387 e. The van der Waals surface area contributed by atoms with Crippen LogP contribution in [0.2, 0.25) is 0 Å². The SMILES string of the molecule is O=C(NCC(O)c1ccccc1C(F)(F)F)c1ccc(=O)[nH]c1. The molecule has 1 amide bonds. The van der Waals surface area contributed by atoms with E-state index in [1.165, 1.54) is 24.4 Å². The smallest absolute Gasteiger partial charge is 0.387 e. The minimum absolute atomic E-state index is 0.126. The maximum Gasteiger partial charge on any atom is 0.416 e. The van der Waals surface area contributed by atoms with Gasteiger partial charge in [0.25, 0.3) is 5.91 Å². The van der Waals surface area contributed by atoms with Crippen LogP contribution >= 0.6 is 0 Å². The van der Waals surface area contributed by atoms with E-state index in [2.05, 4.69) is 10.3 Å². The summed E-state index contributed by atoms with van der Waals surface area (Å²) in [6.07, 6.45) is -4.94. The third-order valence-electron chi connectivity index (χ3n) is 3.13. The monoisotopic (exact) mass is 326 g/mol. The van der Waals surface area contributed by atoms with Crippen molar-refractivity contribution >= 4 is 5.91 Å². The summed E-state index contributed by atoms with van der Waals surface area (Å²) in [6, 6.07) is 7.02. The molecule has 0 saturated carbocycles. The lowest BCUT2D eigenvalue weighted by Crippen LogP contribution is -2.29. The van der Waals surface area contributed by atoms with Crippen LogP contribution in [0.4, 0.5) is 13.2 Å². The first-order chi connectivity index (χ1) is 10.8. The Morgan fingerprint density at radius 2 is 1.91 bits per heavy atom. The van der Waals surface area contributed by atoms with Gasteiger partial charge in [-0.1, -0.05) is 18.2 Å². The number of carbonyl (C=O) groups is 1. The molecule has 23 heavy (non-hydrogen) atoms. The van der Waals surface area contributed by atoms with Crippen LogP contribution in [-0.4, -0.2) is 22.5 Å². The molecule has 2 aromatic rings. The molecule has 0 bridgehead atoms. The highest BCUT2D eigenvalue weighted by atomic mass is 19.4. The summed E-state index contributed by atoms with van der Waals surface area (Å²) in [4.78, 5) is 25.0. The van der Waals surface area contributed by atoms with Gasteiger partial charge in [-0.25, -0.2) is 0 Å². The lowest BCUT2D eigenvalue weighted by atomic mass is 10.0. The summed E-state index contributed by atoms with van der Waals surface area (Å²) in [5.74, 6) is -0.621. The average Bonchev–Trinajstić information content (AvgIpc) is 2.52. The molecular formula is C15H13F3N2O3. The van der Waals surface area contributed by atoms with Gasteiger partial charge in [-0.15, -0.1) is 0 Å². The highest BCUT2D eigenvalue weighted by Crippen LogP contribution is 2.34. The molecule has 5 nitrogen and oxygen atoms in total. The van der Waals surface area contributed by atoms with Crippen molar-refractivity contribution in [2.24, 2.45) is 0 Å². The molecule has 8 heteroatoms. The van der Waals surface area contributed by atoms with E-state index in [4.69, 9.17) is 0 Å². The van der Waals surface area contributed by atoms with Crippen molar-refractivity contribution in [2.75, 3.05) is 6.54 Å². The van der Waals surface area contributed by atoms with Crippen LogP contribution in [0.5, 0.6) is 0 Å². The van der Waals surface area contributed by atoms with E-state index >= 15 is 0 Å². The van der Waals surface area contributed by atoms with E-state index in [1.54, 1.807) is 0 Å². The molecule has 0 fully saturated rings. The van der Waals surface area contributed by atoms with Crippen LogP contribution in [0.1, 0.15) is 27.6 Å². The molecule has 0 aliphatic heterocycles. The predicted molar refractivity (Wildman–Crippen MR) is 75.8 cm³/mol. The topological polar surface area (TPSA) is 82.2 Å². The van der Waals surface area contributed by atoms with E-state index in [9.17, 15) is 27.9 Å². The van der Waals surface area contributed by atoms with Gasteiger partial charge in [0.2, 0.25) is 5.56 Å². The Hall–Kier alpha value is -2.61. The number of aliphatic hydroxyl groups excluding tert-OH is 1. The van der Waals surface area contributed by atoms with Crippen LogP contribution in [-0.2, 0) is 6.18 Å². The molecule has 0 spiro atoms. The molecule has 122 valence electrons. The normalized spacial score (nSPS) is 12.7. The van der Waals surface area contributed by atoms with Crippen molar-refractivity contribution in [1.82, 2.24) is 10.3 Å².